The Morgan fingerprint density at radius 3 is 2.48 bits per heavy atom. The summed E-state index contributed by atoms with van der Waals surface area (Å²) in [6, 6.07) is 4.75. The molecule has 0 aliphatic heterocycles. The molecule has 0 aliphatic carbocycles. The first-order valence-corrected chi connectivity index (χ1v) is 8.42. The van der Waals surface area contributed by atoms with Crippen LogP contribution in [0.5, 0.6) is 0 Å². The zero-order valence-electron chi connectivity index (χ0n) is 15.3. The Kier molecular flexibility index (Phi) is 4.71. The van der Waals surface area contributed by atoms with Crippen LogP contribution in [0.4, 0.5) is 19.1 Å². The summed E-state index contributed by atoms with van der Waals surface area (Å²) in [6.45, 7) is 7.27. The van der Waals surface area contributed by atoms with E-state index in [1.807, 2.05) is 13.8 Å². The fraction of sp³-hybridized carbons (Fsp3) is 0.389. The van der Waals surface area contributed by atoms with Gasteiger partial charge in [-0.3, -0.25) is 10.1 Å². The van der Waals surface area contributed by atoms with Crippen molar-refractivity contribution < 1.29 is 22.5 Å². The van der Waals surface area contributed by atoms with Crippen molar-refractivity contribution >= 4 is 22.9 Å². The molecule has 1 aromatic carbocycles. The number of aromatic nitrogens is 3. The van der Waals surface area contributed by atoms with Crippen molar-refractivity contribution in [1.82, 2.24) is 14.7 Å². The molecule has 0 saturated heterocycles. The molecular weight excluding hydrogens is 361 g/mol. The first-order chi connectivity index (χ1) is 12.6. The number of halogens is 3. The number of nitrogens with one attached hydrogen (secondary N) is 1. The number of rotatable bonds is 4. The Bertz CT molecular complexity index is 988. The number of alkyl halides is 3. The largest absolute Gasteiger partial charge is 0.416 e. The molecule has 0 aliphatic rings. The van der Waals surface area contributed by atoms with Gasteiger partial charge >= 0.3 is 6.18 Å². The summed E-state index contributed by atoms with van der Waals surface area (Å²) in [4.78, 5) is 16.7. The van der Waals surface area contributed by atoms with Crippen molar-refractivity contribution in [1.29, 1.82) is 0 Å². The van der Waals surface area contributed by atoms with Crippen molar-refractivity contribution in [3.05, 3.63) is 35.5 Å². The maximum Gasteiger partial charge on any atom is 0.416 e. The van der Waals surface area contributed by atoms with Gasteiger partial charge in [0.1, 0.15) is 0 Å². The van der Waals surface area contributed by atoms with Crippen LogP contribution in [-0.4, -0.2) is 20.6 Å². The summed E-state index contributed by atoms with van der Waals surface area (Å²) >= 11 is 0. The van der Waals surface area contributed by atoms with E-state index in [0.29, 0.717) is 11.2 Å². The molecule has 2 heterocycles. The maximum atomic E-state index is 13.1. The lowest BCUT2D eigenvalue weighted by molar-refractivity contribution is -0.137. The minimum absolute atomic E-state index is 0.0815. The highest BCUT2D eigenvalue weighted by atomic mass is 19.4. The molecule has 0 spiro atoms. The summed E-state index contributed by atoms with van der Waals surface area (Å²) < 4.78 is 45.9. The third-order valence-corrected chi connectivity index (χ3v) is 4.47. The Balaban J connectivity index is 2.16. The van der Waals surface area contributed by atoms with Gasteiger partial charge in [0.25, 0.3) is 0 Å². The van der Waals surface area contributed by atoms with E-state index in [0.717, 1.165) is 12.1 Å². The van der Waals surface area contributed by atoms with E-state index in [1.165, 1.54) is 10.6 Å². The first-order valence-electron chi connectivity index (χ1n) is 8.42. The van der Waals surface area contributed by atoms with Gasteiger partial charge < -0.3 is 4.52 Å². The Labute approximate surface area is 153 Å². The lowest BCUT2D eigenvalue weighted by Crippen LogP contribution is -2.25. The van der Waals surface area contributed by atoms with E-state index in [-0.39, 0.29) is 35.1 Å². The molecule has 9 heteroatoms. The van der Waals surface area contributed by atoms with Gasteiger partial charge in [0.2, 0.25) is 17.7 Å². The molecular formula is C18H19F3N4O2. The number of amides is 1. The van der Waals surface area contributed by atoms with Crippen molar-refractivity contribution in [2.24, 2.45) is 11.8 Å². The van der Waals surface area contributed by atoms with E-state index in [2.05, 4.69) is 15.5 Å². The van der Waals surface area contributed by atoms with Crippen molar-refractivity contribution in [3.63, 3.8) is 0 Å². The van der Waals surface area contributed by atoms with Crippen LogP contribution in [0.3, 0.4) is 0 Å². The number of carbonyl (C=O) groups is 1. The Hall–Kier alpha value is -2.84. The molecule has 144 valence electrons. The van der Waals surface area contributed by atoms with Gasteiger partial charge in [-0.05, 0) is 31.0 Å². The molecule has 0 saturated carbocycles. The molecule has 0 bridgehead atoms. The number of hydrogen-bond acceptors (Lipinski definition) is 4. The Morgan fingerprint density at radius 2 is 1.93 bits per heavy atom. The zero-order valence-corrected chi connectivity index (χ0v) is 15.3. The highest BCUT2D eigenvalue weighted by Crippen LogP contribution is 2.33. The molecule has 3 rings (SSSR count). The summed E-state index contributed by atoms with van der Waals surface area (Å²) in [5, 5.41) is 6.47. The average molecular weight is 380 g/mol. The summed E-state index contributed by atoms with van der Waals surface area (Å²) in [5.74, 6) is -0.249. The summed E-state index contributed by atoms with van der Waals surface area (Å²) in [7, 11) is 0. The highest BCUT2D eigenvalue weighted by molar-refractivity contribution is 5.93. The molecule has 6 nitrogen and oxygen atoms in total. The maximum absolute atomic E-state index is 13.1. The quantitative estimate of drug-likeness (QED) is 0.720. The average Bonchev–Trinajstić information content (AvgIpc) is 3.15. The number of imidazole rings is 1. The fourth-order valence-electron chi connectivity index (χ4n) is 2.54. The van der Waals surface area contributed by atoms with Crippen LogP contribution in [-0.2, 0) is 11.0 Å². The van der Waals surface area contributed by atoms with E-state index in [9.17, 15) is 18.0 Å². The van der Waals surface area contributed by atoms with Gasteiger partial charge in [0.05, 0.1) is 22.3 Å². The van der Waals surface area contributed by atoms with Gasteiger partial charge in [-0.15, -0.1) is 0 Å². The van der Waals surface area contributed by atoms with Crippen molar-refractivity contribution in [2.75, 3.05) is 5.32 Å². The van der Waals surface area contributed by atoms with Gasteiger partial charge in [-0.1, -0.05) is 25.9 Å². The van der Waals surface area contributed by atoms with Crippen LogP contribution in [0.15, 0.2) is 28.8 Å². The lowest BCUT2D eigenvalue weighted by atomic mass is 9.97. The van der Waals surface area contributed by atoms with Crippen LogP contribution in [0.1, 0.15) is 32.0 Å². The third kappa shape index (κ3) is 3.67. The van der Waals surface area contributed by atoms with E-state index < -0.39 is 11.7 Å². The molecule has 27 heavy (non-hydrogen) atoms. The minimum atomic E-state index is -4.50. The number of aryl methyl sites for hydroxylation is 1. The number of carbonyl (C=O) groups excluding carboxylic acids is 1. The molecule has 1 atom stereocenters. The number of anilines is 1. The van der Waals surface area contributed by atoms with Crippen LogP contribution in [0, 0.1) is 18.8 Å². The van der Waals surface area contributed by atoms with E-state index in [1.54, 1.807) is 19.9 Å². The molecule has 3 aromatic rings. The van der Waals surface area contributed by atoms with Crippen LogP contribution >= 0.6 is 0 Å². The number of nitrogens with zero attached hydrogens (tertiary/aromatic N) is 3. The molecule has 1 amide bonds. The van der Waals surface area contributed by atoms with Crippen LogP contribution < -0.4 is 5.32 Å². The molecule has 0 fully saturated rings. The Morgan fingerprint density at radius 1 is 1.22 bits per heavy atom. The normalized spacial score (nSPS) is 13.3. The number of hydrogen-bond donors (Lipinski definition) is 1. The van der Waals surface area contributed by atoms with E-state index in [4.69, 9.17) is 4.52 Å². The minimum Gasteiger partial charge on any atom is -0.338 e. The number of benzene rings is 1. The van der Waals surface area contributed by atoms with Gasteiger partial charge in [0.15, 0.2) is 0 Å². The van der Waals surface area contributed by atoms with Crippen LogP contribution in [0.2, 0.25) is 0 Å². The van der Waals surface area contributed by atoms with Gasteiger partial charge in [0, 0.05) is 12.0 Å². The second kappa shape index (κ2) is 6.71. The summed E-state index contributed by atoms with van der Waals surface area (Å²) in [5.41, 5.74) is 0.186. The first kappa shape index (κ1) is 18.9. The smallest absolute Gasteiger partial charge is 0.338 e. The topological polar surface area (TPSA) is 73.0 Å². The predicted octanol–water partition coefficient (Wildman–Crippen LogP) is 4.57. The molecule has 2 aromatic heterocycles. The van der Waals surface area contributed by atoms with Gasteiger partial charge in [-0.25, -0.2) is 9.55 Å². The zero-order chi connectivity index (χ0) is 19.9. The predicted molar refractivity (Wildman–Crippen MR) is 93.5 cm³/mol. The third-order valence-electron chi connectivity index (χ3n) is 4.47. The molecule has 1 unspecified atom stereocenters. The fourth-order valence-corrected chi connectivity index (χ4v) is 2.54. The summed E-state index contributed by atoms with van der Waals surface area (Å²) in [6.07, 6.45) is -4.50. The molecule has 1 N–H and O–H groups in total. The standard InChI is InChI=1S/C18H19F3N4O2/c1-9(2)11(4)16(26)23-17-22-13-6-5-12(18(19,20)21)8-14(13)25(17)15-7-10(3)24-27-15/h5-9,11H,1-4H3,(H,22,23,26). The SMILES string of the molecule is Cc1cc(-n2c(NC(=O)C(C)C(C)C)nc3ccc(C(F)(F)F)cc32)on1. The van der Waals surface area contributed by atoms with Gasteiger partial charge in [-0.2, -0.15) is 13.2 Å². The van der Waals surface area contributed by atoms with Crippen molar-refractivity contribution in [3.8, 4) is 5.88 Å². The monoisotopic (exact) mass is 380 g/mol. The van der Waals surface area contributed by atoms with Crippen LogP contribution in [0.25, 0.3) is 16.9 Å². The van der Waals surface area contributed by atoms with E-state index >= 15 is 0 Å². The highest BCUT2D eigenvalue weighted by Gasteiger charge is 2.32. The lowest BCUT2D eigenvalue weighted by Gasteiger charge is -2.15. The second-order valence-electron chi connectivity index (χ2n) is 6.80. The molecule has 0 radical (unpaired) electrons. The van der Waals surface area contributed by atoms with Crippen molar-refractivity contribution in [2.45, 2.75) is 33.9 Å². The second-order valence-corrected chi connectivity index (χ2v) is 6.80. The number of fused-ring (bicyclic) bond motifs is 1.